The summed E-state index contributed by atoms with van der Waals surface area (Å²) in [5, 5.41) is 5.46. The summed E-state index contributed by atoms with van der Waals surface area (Å²) in [5.74, 6) is -0.432. The van der Waals surface area contributed by atoms with E-state index in [9.17, 15) is 14.4 Å². The number of esters is 1. The van der Waals surface area contributed by atoms with Gasteiger partial charge in [0.2, 0.25) is 0 Å². The minimum Gasteiger partial charge on any atom is -0.494 e. The van der Waals surface area contributed by atoms with Gasteiger partial charge in [-0.2, -0.15) is 0 Å². The number of hydrogen-bond acceptors (Lipinski definition) is 5. The first-order valence-electron chi connectivity index (χ1n) is 11.1. The lowest BCUT2D eigenvalue weighted by molar-refractivity contribution is -0.147. The van der Waals surface area contributed by atoms with E-state index in [0.29, 0.717) is 23.5 Å². The van der Waals surface area contributed by atoms with Crippen molar-refractivity contribution in [2.75, 3.05) is 23.8 Å². The molecule has 3 rings (SSSR count). The van der Waals surface area contributed by atoms with Crippen molar-refractivity contribution in [1.82, 2.24) is 0 Å². The van der Waals surface area contributed by atoms with E-state index in [1.54, 1.807) is 48.5 Å². The van der Waals surface area contributed by atoms with Crippen LogP contribution in [-0.4, -0.2) is 31.0 Å². The third kappa shape index (κ3) is 7.48. The third-order valence-electron chi connectivity index (χ3n) is 5.06. The molecule has 0 aliphatic carbocycles. The van der Waals surface area contributed by atoms with Crippen molar-refractivity contribution in [2.24, 2.45) is 0 Å². The molecule has 34 heavy (non-hydrogen) atoms. The normalized spacial score (nSPS) is 11.2. The molecule has 0 aromatic heterocycles. The van der Waals surface area contributed by atoms with E-state index in [4.69, 9.17) is 9.47 Å². The van der Waals surface area contributed by atoms with Crippen molar-refractivity contribution in [3.05, 3.63) is 90.0 Å². The van der Waals surface area contributed by atoms with Gasteiger partial charge in [-0.25, -0.2) is 0 Å². The quantitative estimate of drug-likeness (QED) is 0.415. The number of carbonyl (C=O) groups is 3. The second kappa shape index (κ2) is 12.2. The molecule has 3 aromatic rings. The maximum absolute atomic E-state index is 12.4. The molecular weight excluding hydrogens is 432 g/mol. The van der Waals surface area contributed by atoms with Crippen LogP contribution in [0, 0.1) is 0 Å². The van der Waals surface area contributed by atoms with E-state index in [-0.39, 0.29) is 24.9 Å². The van der Waals surface area contributed by atoms with Gasteiger partial charge in [-0.15, -0.1) is 0 Å². The van der Waals surface area contributed by atoms with Crippen molar-refractivity contribution >= 4 is 29.2 Å². The third-order valence-corrected chi connectivity index (χ3v) is 5.06. The van der Waals surface area contributed by atoms with Crippen LogP contribution in [0.15, 0.2) is 78.9 Å². The van der Waals surface area contributed by atoms with Gasteiger partial charge in [-0.1, -0.05) is 37.3 Å². The number of carbonyl (C=O) groups excluding carboxylic acids is 3. The van der Waals surface area contributed by atoms with E-state index in [0.717, 1.165) is 11.3 Å². The molecule has 176 valence electrons. The summed E-state index contributed by atoms with van der Waals surface area (Å²) in [4.78, 5) is 36.6. The number of rotatable bonds is 10. The molecule has 7 heteroatoms. The topological polar surface area (TPSA) is 93.7 Å². The molecule has 0 heterocycles. The highest BCUT2D eigenvalue weighted by atomic mass is 16.5. The van der Waals surface area contributed by atoms with Gasteiger partial charge in [0.1, 0.15) is 5.75 Å². The van der Waals surface area contributed by atoms with Gasteiger partial charge in [0.15, 0.2) is 6.61 Å². The number of anilines is 2. The van der Waals surface area contributed by atoms with Crippen LogP contribution in [0.4, 0.5) is 11.4 Å². The second-order valence-corrected chi connectivity index (χ2v) is 7.71. The Morgan fingerprint density at radius 1 is 0.824 bits per heavy atom. The summed E-state index contributed by atoms with van der Waals surface area (Å²) in [6.45, 7) is 4.04. The number of amides is 2. The van der Waals surface area contributed by atoms with Crippen LogP contribution in [-0.2, 0) is 14.3 Å². The Kier molecular flexibility index (Phi) is 8.80. The summed E-state index contributed by atoms with van der Waals surface area (Å²) in [7, 11) is 0. The first-order valence-corrected chi connectivity index (χ1v) is 11.1. The number of ether oxygens (including phenoxy) is 2. The fourth-order valence-electron chi connectivity index (χ4n) is 3.26. The minimum absolute atomic E-state index is 0.00179. The lowest BCUT2D eigenvalue weighted by Crippen LogP contribution is -2.21. The van der Waals surface area contributed by atoms with Gasteiger partial charge in [-0.05, 0) is 66.9 Å². The molecule has 0 radical (unpaired) electrons. The summed E-state index contributed by atoms with van der Waals surface area (Å²) in [6, 6.07) is 23.2. The molecule has 1 unspecified atom stereocenters. The first-order chi connectivity index (χ1) is 16.4. The lowest BCUT2D eigenvalue weighted by Gasteiger charge is -2.12. The van der Waals surface area contributed by atoms with Crippen molar-refractivity contribution < 1.29 is 23.9 Å². The standard InChI is InChI=1S/C27H28N2O5/c1-3-33-24-15-13-23(14-16-24)29-27(32)21-9-11-22(12-10-21)28-25(30)18-34-26(31)17-19(2)20-7-5-4-6-8-20/h4-16,19H,3,17-18H2,1-2H3,(H,28,30)(H,29,32). The highest BCUT2D eigenvalue weighted by Crippen LogP contribution is 2.19. The van der Waals surface area contributed by atoms with Gasteiger partial charge >= 0.3 is 5.97 Å². The molecule has 3 aromatic carbocycles. The Bertz CT molecular complexity index is 1100. The highest BCUT2D eigenvalue weighted by molar-refractivity contribution is 6.04. The van der Waals surface area contributed by atoms with Crippen LogP contribution < -0.4 is 15.4 Å². The highest BCUT2D eigenvalue weighted by Gasteiger charge is 2.14. The minimum atomic E-state index is -0.452. The molecule has 7 nitrogen and oxygen atoms in total. The Hall–Kier alpha value is -4.13. The maximum atomic E-state index is 12.4. The molecular formula is C27H28N2O5. The zero-order chi connectivity index (χ0) is 24.3. The van der Waals surface area contributed by atoms with E-state index in [1.165, 1.54) is 0 Å². The van der Waals surface area contributed by atoms with Crippen LogP contribution in [0.2, 0.25) is 0 Å². The van der Waals surface area contributed by atoms with Gasteiger partial charge in [0.05, 0.1) is 13.0 Å². The molecule has 2 amide bonds. The van der Waals surface area contributed by atoms with E-state index < -0.39 is 11.9 Å². The fraction of sp³-hybridized carbons (Fsp3) is 0.222. The Morgan fingerprint density at radius 3 is 2.09 bits per heavy atom. The Balaban J connectivity index is 1.44. The Morgan fingerprint density at radius 2 is 1.44 bits per heavy atom. The molecule has 0 bridgehead atoms. The maximum Gasteiger partial charge on any atom is 0.306 e. The van der Waals surface area contributed by atoms with Crippen LogP contribution in [0.25, 0.3) is 0 Å². The molecule has 0 saturated carbocycles. The van der Waals surface area contributed by atoms with Crippen LogP contribution in [0.3, 0.4) is 0 Å². The van der Waals surface area contributed by atoms with Gasteiger partial charge in [0.25, 0.3) is 11.8 Å². The van der Waals surface area contributed by atoms with Crippen molar-refractivity contribution in [3.8, 4) is 5.75 Å². The molecule has 0 fully saturated rings. The van der Waals surface area contributed by atoms with E-state index >= 15 is 0 Å². The van der Waals surface area contributed by atoms with E-state index in [1.807, 2.05) is 44.2 Å². The monoisotopic (exact) mass is 460 g/mol. The SMILES string of the molecule is CCOc1ccc(NC(=O)c2ccc(NC(=O)COC(=O)CC(C)c3ccccc3)cc2)cc1. The predicted molar refractivity (Wildman–Crippen MR) is 131 cm³/mol. The molecule has 0 aliphatic heterocycles. The summed E-state index contributed by atoms with van der Waals surface area (Å²) >= 11 is 0. The van der Waals surface area contributed by atoms with Crippen LogP contribution in [0.5, 0.6) is 5.75 Å². The summed E-state index contributed by atoms with van der Waals surface area (Å²) in [5.41, 5.74) is 2.62. The Labute approximate surface area is 199 Å². The fourth-order valence-corrected chi connectivity index (χ4v) is 3.26. The molecule has 0 saturated heterocycles. The molecule has 0 spiro atoms. The molecule has 0 aliphatic rings. The number of benzene rings is 3. The van der Waals surface area contributed by atoms with E-state index in [2.05, 4.69) is 10.6 Å². The second-order valence-electron chi connectivity index (χ2n) is 7.71. The first kappa shape index (κ1) is 24.5. The number of nitrogens with one attached hydrogen (secondary N) is 2. The molecule has 2 N–H and O–H groups in total. The zero-order valence-electron chi connectivity index (χ0n) is 19.2. The average molecular weight is 461 g/mol. The van der Waals surface area contributed by atoms with Gasteiger partial charge in [0, 0.05) is 16.9 Å². The van der Waals surface area contributed by atoms with Crippen molar-refractivity contribution in [2.45, 2.75) is 26.2 Å². The van der Waals surface area contributed by atoms with Crippen LogP contribution >= 0.6 is 0 Å². The van der Waals surface area contributed by atoms with Crippen LogP contribution in [0.1, 0.15) is 42.1 Å². The number of hydrogen-bond donors (Lipinski definition) is 2. The lowest BCUT2D eigenvalue weighted by atomic mass is 9.98. The summed E-state index contributed by atoms with van der Waals surface area (Å²) in [6.07, 6.45) is 0.190. The zero-order valence-corrected chi connectivity index (χ0v) is 19.2. The smallest absolute Gasteiger partial charge is 0.306 e. The van der Waals surface area contributed by atoms with Crippen molar-refractivity contribution in [1.29, 1.82) is 0 Å². The van der Waals surface area contributed by atoms with Gasteiger partial charge < -0.3 is 20.1 Å². The molecule has 1 atom stereocenters. The predicted octanol–water partition coefficient (Wildman–Crippen LogP) is 5.01. The summed E-state index contributed by atoms with van der Waals surface area (Å²) < 4.78 is 10.5. The van der Waals surface area contributed by atoms with Crippen molar-refractivity contribution in [3.63, 3.8) is 0 Å². The average Bonchev–Trinajstić information content (AvgIpc) is 2.85. The largest absolute Gasteiger partial charge is 0.494 e. The van der Waals surface area contributed by atoms with Gasteiger partial charge in [-0.3, -0.25) is 14.4 Å².